The Balaban J connectivity index is 5.38. The van der Waals surface area contributed by atoms with Gasteiger partial charge in [-0.1, -0.05) is 6.92 Å². The molecule has 0 saturated carbocycles. The zero-order valence-corrected chi connectivity index (χ0v) is 7.73. The van der Waals surface area contributed by atoms with Crippen LogP contribution in [0.5, 0.6) is 0 Å². The fraction of sp³-hybridized carbons (Fsp3) is 1.00. The Morgan fingerprint density at radius 1 is 0.733 bits per heavy atom. The molecule has 92 valence electrons. The van der Waals surface area contributed by atoms with Crippen molar-refractivity contribution < 1.29 is 35.1 Å². The normalized spacial score (nSPS) is 18.8. The minimum Gasteiger partial charge on any atom is -0.237 e. The van der Waals surface area contributed by atoms with Crippen molar-refractivity contribution in [1.29, 1.82) is 0 Å². The summed E-state index contributed by atoms with van der Waals surface area (Å²) in [5.41, 5.74) is -3.92. The zero-order chi connectivity index (χ0) is 12.7. The Morgan fingerprint density at radius 2 is 1.07 bits per heavy atom. The molecule has 0 aliphatic carbocycles. The van der Waals surface area contributed by atoms with Gasteiger partial charge < -0.3 is 0 Å². The van der Waals surface area contributed by atoms with Crippen molar-refractivity contribution in [2.75, 3.05) is 0 Å². The summed E-state index contributed by atoms with van der Waals surface area (Å²) in [4.78, 5) is 0. The minimum atomic E-state index is -6.49. The second-order valence-corrected chi connectivity index (χ2v) is 3.20. The first-order chi connectivity index (χ1) is 6.31. The van der Waals surface area contributed by atoms with E-state index in [4.69, 9.17) is 0 Å². The number of hydrogen-bond donors (Lipinski definition) is 0. The van der Waals surface area contributed by atoms with Gasteiger partial charge in [-0.25, -0.2) is 4.39 Å². The first-order valence-corrected chi connectivity index (χ1v) is 3.82. The molecule has 0 radical (unpaired) electrons. The van der Waals surface area contributed by atoms with E-state index in [1.165, 1.54) is 0 Å². The summed E-state index contributed by atoms with van der Waals surface area (Å²) in [6, 6.07) is 0. The quantitative estimate of drug-likeness (QED) is 0.659. The number of alkyl halides is 8. The van der Waals surface area contributed by atoms with E-state index in [9.17, 15) is 35.1 Å². The lowest BCUT2D eigenvalue weighted by Gasteiger charge is -2.35. The van der Waals surface area contributed by atoms with Crippen LogP contribution in [0.4, 0.5) is 35.1 Å². The van der Waals surface area contributed by atoms with Gasteiger partial charge in [-0.3, -0.25) is 0 Å². The Labute approximate surface area is 80.3 Å². The molecule has 0 aliphatic heterocycles. The molecule has 0 spiro atoms. The van der Waals surface area contributed by atoms with E-state index in [-0.39, 0.29) is 6.92 Å². The Hall–Kier alpha value is -0.560. The van der Waals surface area contributed by atoms with E-state index < -0.39 is 30.1 Å². The summed E-state index contributed by atoms with van der Waals surface area (Å²) in [5, 5.41) is 0. The Morgan fingerprint density at radius 3 is 1.27 bits per heavy atom. The van der Waals surface area contributed by atoms with Crippen LogP contribution in [0, 0.1) is 0 Å². The van der Waals surface area contributed by atoms with Crippen LogP contribution < -0.4 is 0 Å². The molecule has 1 atom stereocenters. The van der Waals surface area contributed by atoms with Crippen LogP contribution in [0.15, 0.2) is 0 Å². The second kappa shape index (κ2) is 3.48. The second-order valence-electron chi connectivity index (χ2n) is 3.20. The first-order valence-electron chi connectivity index (χ1n) is 3.82. The van der Waals surface area contributed by atoms with Crippen LogP contribution in [-0.4, -0.2) is 23.7 Å². The lowest BCUT2D eigenvalue weighted by Crippen LogP contribution is -2.61. The molecule has 0 nitrogen and oxygen atoms in total. The monoisotopic (exact) mass is 244 g/mol. The average Bonchev–Trinajstić information content (AvgIpc) is 2.01. The van der Waals surface area contributed by atoms with Gasteiger partial charge in [0.25, 0.3) is 0 Å². The summed E-state index contributed by atoms with van der Waals surface area (Å²) in [5.74, 6) is -12.2. The third-order valence-electron chi connectivity index (χ3n) is 2.07. The maximum absolute atomic E-state index is 12.9. The van der Waals surface area contributed by atoms with Gasteiger partial charge in [0, 0.05) is 0 Å². The highest BCUT2D eigenvalue weighted by atomic mass is 19.4. The van der Waals surface area contributed by atoms with Gasteiger partial charge in [-0.15, -0.1) is 0 Å². The van der Waals surface area contributed by atoms with Crippen molar-refractivity contribution in [1.82, 2.24) is 0 Å². The van der Waals surface area contributed by atoms with Gasteiger partial charge in [-0.05, 0) is 13.3 Å². The third kappa shape index (κ3) is 2.03. The van der Waals surface area contributed by atoms with Crippen LogP contribution in [0.25, 0.3) is 0 Å². The molecule has 0 aromatic carbocycles. The first kappa shape index (κ1) is 14.4. The highest BCUT2D eigenvalue weighted by Crippen LogP contribution is 2.53. The van der Waals surface area contributed by atoms with Gasteiger partial charge in [0.15, 0.2) is 5.67 Å². The number of halogens is 8. The van der Waals surface area contributed by atoms with E-state index in [1.54, 1.807) is 0 Å². The fourth-order valence-electron chi connectivity index (χ4n) is 0.727. The summed E-state index contributed by atoms with van der Waals surface area (Å²) < 4.78 is 97.5. The molecule has 0 aromatic rings. The van der Waals surface area contributed by atoms with Gasteiger partial charge in [-0.2, -0.15) is 30.7 Å². The molecule has 0 aliphatic rings. The van der Waals surface area contributed by atoms with Crippen LogP contribution >= 0.6 is 0 Å². The van der Waals surface area contributed by atoms with Crippen molar-refractivity contribution >= 4 is 0 Å². The smallest absolute Gasteiger partial charge is 0.237 e. The molecule has 0 N–H and O–H groups in total. The molecule has 8 heteroatoms. The average molecular weight is 244 g/mol. The molecule has 1 unspecified atom stereocenters. The SMILES string of the molecule is CCC(C)(F)C(F)(F)C(F)(F)C(F)(F)F. The van der Waals surface area contributed by atoms with Crippen molar-refractivity contribution in [2.45, 2.75) is 44.0 Å². The Bertz CT molecular complexity index is 226. The molecule has 0 aromatic heterocycles. The molecule has 0 rings (SSSR count). The molecule has 15 heavy (non-hydrogen) atoms. The van der Waals surface area contributed by atoms with Gasteiger partial charge >= 0.3 is 18.0 Å². The zero-order valence-electron chi connectivity index (χ0n) is 7.73. The summed E-state index contributed by atoms with van der Waals surface area (Å²) in [6.07, 6.45) is -7.65. The molecule has 0 bridgehead atoms. The van der Waals surface area contributed by atoms with Crippen molar-refractivity contribution in [2.24, 2.45) is 0 Å². The fourth-order valence-corrected chi connectivity index (χ4v) is 0.727. The molecule has 0 saturated heterocycles. The molecule has 0 fully saturated rings. The molecule has 0 amide bonds. The number of rotatable bonds is 3. The lowest BCUT2D eigenvalue weighted by molar-refractivity contribution is -0.378. The van der Waals surface area contributed by atoms with Crippen LogP contribution in [0.2, 0.25) is 0 Å². The maximum Gasteiger partial charge on any atom is 0.460 e. The van der Waals surface area contributed by atoms with E-state index in [2.05, 4.69) is 0 Å². The van der Waals surface area contributed by atoms with Gasteiger partial charge in [0.1, 0.15) is 0 Å². The summed E-state index contributed by atoms with van der Waals surface area (Å²) in [7, 11) is 0. The van der Waals surface area contributed by atoms with Crippen LogP contribution in [-0.2, 0) is 0 Å². The van der Waals surface area contributed by atoms with E-state index in [0.717, 1.165) is 6.92 Å². The predicted octanol–water partition coefficient (Wildman–Crippen LogP) is 3.96. The van der Waals surface area contributed by atoms with Crippen LogP contribution in [0.1, 0.15) is 20.3 Å². The topological polar surface area (TPSA) is 0 Å². The molecular formula is C7H8F8. The van der Waals surface area contributed by atoms with E-state index in [1.807, 2.05) is 0 Å². The van der Waals surface area contributed by atoms with Crippen molar-refractivity contribution in [3.8, 4) is 0 Å². The summed E-state index contributed by atoms with van der Waals surface area (Å²) in [6.45, 7) is 0.757. The van der Waals surface area contributed by atoms with Crippen LogP contribution in [0.3, 0.4) is 0 Å². The lowest BCUT2D eigenvalue weighted by atomic mass is 9.91. The van der Waals surface area contributed by atoms with Crippen molar-refractivity contribution in [3.05, 3.63) is 0 Å². The standard InChI is InChI=1S/C7H8F8/c1-3-4(2,8)5(9,10)6(11,12)7(13,14)15/h3H2,1-2H3. The van der Waals surface area contributed by atoms with Crippen molar-refractivity contribution in [3.63, 3.8) is 0 Å². The number of hydrogen-bond acceptors (Lipinski definition) is 0. The minimum absolute atomic E-state index is 0.00660. The third-order valence-corrected chi connectivity index (χ3v) is 2.07. The maximum atomic E-state index is 12.9. The summed E-state index contributed by atoms with van der Waals surface area (Å²) >= 11 is 0. The van der Waals surface area contributed by atoms with Gasteiger partial charge in [0.05, 0.1) is 0 Å². The highest BCUT2D eigenvalue weighted by Gasteiger charge is 2.78. The Kier molecular flexibility index (Phi) is 3.35. The van der Waals surface area contributed by atoms with E-state index in [0.29, 0.717) is 0 Å². The van der Waals surface area contributed by atoms with E-state index >= 15 is 0 Å². The van der Waals surface area contributed by atoms with Gasteiger partial charge in [0.2, 0.25) is 0 Å². The predicted molar refractivity (Wildman–Crippen MR) is 35.8 cm³/mol. The highest BCUT2D eigenvalue weighted by molar-refractivity contribution is 5.02. The molecular weight excluding hydrogens is 236 g/mol. The molecule has 0 heterocycles. The largest absolute Gasteiger partial charge is 0.460 e.